The third-order valence-corrected chi connectivity index (χ3v) is 5.23. The lowest BCUT2D eigenvalue weighted by Gasteiger charge is -2.19. The highest BCUT2D eigenvalue weighted by Crippen LogP contribution is 2.32. The summed E-state index contributed by atoms with van der Waals surface area (Å²) < 4.78 is 2.64. The summed E-state index contributed by atoms with van der Waals surface area (Å²) in [6.07, 6.45) is 5.11. The van der Waals surface area contributed by atoms with Crippen LogP contribution in [-0.2, 0) is 13.6 Å². The van der Waals surface area contributed by atoms with Crippen LogP contribution in [0.3, 0.4) is 0 Å². The minimum absolute atomic E-state index is 0.134. The van der Waals surface area contributed by atoms with Crippen LogP contribution >= 0.6 is 11.3 Å². The van der Waals surface area contributed by atoms with Gasteiger partial charge in [-0.15, -0.1) is 0 Å². The Morgan fingerprint density at radius 3 is 2.77 bits per heavy atom. The van der Waals surface area contributed by atoms with E-state index >= 15 is 0 Å². The van der Waals surface area contributed by atoms with Crippen molar-refractivity contribution in [3.05, 3.63) is 71.8 Å². The third kappa shape index (κ3) is 2.97. The summed E-state index contributed by atoms with van der Waals surface area (Å²) in [6, 6.07) is 11.6. The zero-order valence-electron chi connectivity index (χ0n) is 14.5. The molecule has 130 valence electrons. The summed E-state index contributed by atoms with van der Waals surface area (Å²) in [7, 11) is 1.76. The van der Waals surface area contributed by atoms with Gasteiger partial charge in [-0.1, -0.05) is 29.5 Å². The van der Waals surface area contributed by atoms with Crippen molar-refractivity contribution in [2.24, 2.45) is 7.05 Å². The molecule has 0 bridgehead atoms. The predicted molar refractivity (Wildman–Crippen MR) is 102 cm³/mol. The minimum atomic E-state index is -0.134. The fourth-order valence-corrected chi connectivity index (χ4v) is 3.85. The number of carbonyl (C=O) groups excluding carboxylic acids is 1. The van der Waals surface area contributed by atoms with Crippen LogP contribution in [0.1, 0.15) is 21.6 Å². The monoisotopic (exact) mass is 363 g/mol. The number of pyridine rings is 1. The smallest absolute Gasteiger partial charge is 0.278 e. The number of hydrogen-bond donors (Lipinski definition) is 0. The van der Waals surface area contributed by atoms with Crippen molar-refractivity contribution in [2.45, 2.75) is 13.5 Å². The number of para-hydroxylation sites is 1. The van der Waals surface area contributed by atoms with E-state index in [1.807, 2.05) is 37.3 Å². The Hall–Kier alpha value is -3.06. The van der Waals surface area contributed by atoms with Gasteiger partial charge in [-0.2, -0.15) is 5.10 Å². The zero-order chi connectivity index (χ0) is 18.1. The topological polar surface area (TPSA) is 63.9 Å². The second-order valence-corrected chi connectivity index (χ2v) is 7.02. The Balaban J connectivity index is 1.80. The first kappa shape index (κ1) is 16.4. The molecule has 0 N–H and O–H groups in total. The average Bonchev–Trinajstić information content (AvgIpc) is 3.27. The van der Waals surface area contributed by atoms with Gasteiger partial charge >= 0.3 is 0 Å². The van der Waals surface area contributed by atoms with Crippen LogP contribution in [-0.4, -0.2) is 25.7 Å². The van der Waals surface area contributed by atoms with Crippen LogP contribution in [0.2, 0.25) is 0 Å². The molecule has 6 nitrogen and oxygen atoms in total. The Labute approximate surface area is 154 Å². The average molecular weight is 363 g/mol. The van der Waals surface area contributed by atoms with E-state index in [9.17, 15) is 4.79 Å². The Bertz CT molecular complexity index is 1070. The molecule has 4 rings (SSSR count). The molecule has 0 unspecified atom stereocenters. The van der Waals surface area contributed by atoms with E-state index in [1.165, 1.54) is 11.3 Å². The number of amides is 1. The standard InChI is InChI=1S/C19H17N5OS/c1-13-5-3-7-16-17(13)22-19(26-16)24(12-14-6-4-9-20-11-14)18(25)15-8-10-21-23(15)2/h3-11H,12H2,1-2H3. The number of hydrogen-bond acceptors (Lipinski definition) is 5. The molecule has 4 aromatic rings. The summed E-state index contributed by atoms with van der Waals surface area (Å²) in [4.78, 5) is 23.8. The van der Waals surface area contributed by atoms with Gasteiger partial charge in [0.15, 0.2) is 5.13 Å². The van der Waals surface area contributed by atoms with Gasteiger partial charge in [0.25, 0.3) is 5.91 Å². The van der Waals surface area contributed by atoms with Gasteiger partial charge in [0.2, 0.25) is 0 Å². The summed E-state index contributed by atoms with van der Waals surface area (Å²) in [5.74, 6) is -0.134. The van der Waals surface area contributed by atoms with Crippen LogP contribution in [0.25, 0.3) is 10.2 Å². The molecule has 0 spiro atoms. The molecule has 7 heteroatoms. The van der Waals surface area contributed by atoms with Crippen LogP contribution in [0.4, 0.5) is 5.13 Å². The Morgan fingerprint density at radius 1 is 1.19 bits per heavy atom. The van der Waals surface area contributed by atoms with Crippen molar-refractivity contribution >= 4 is 32.6 Å². The molecule has 1 amide bonds. The SMILES string of the molecule is Cc1cccc2sc(N(Cc3cccnc3)C(=O)c3ccnn3C)nc12. The molecule has 0 radical (unpaired) electrons. The zero-order valence-corrected chi connectivity index (χ0v) is 15.3. The fourth-order valence-electron chi connectivity index (χ4n) is 2.81. The Kier molecular flexibility index (Phi) is 4.22. The van der Waals surface area contributed by atoms with Gasteiger partial charge in [0, 0.05) is 25.6 Å². The van der Waals surface area contributed by atoms with Crippen LogP contribution in [0, 0.1) is 6.92 Å². The first-order valence-electron chi connectivity index (χ1n) is 8.18. The number of anilines is 1. The third-order valence-electron chi connectivity index (χ3n) is 4.19. The number of rotatable bonds is 4. The number of aromatic nitrogens is 4. The van der Waals surface area contributed by atoms with Gasteiger partial charge in [-0.05, 0) is 36.2 Å². The number of fused-ring (bicyclic) bond motifs is 1. The van der Waals surface area contributed by atoms with Crippen LogP contribution in [0.15, 0.2) is 55.0 Å². The van der Waals surface area contributed by atoms with Gasteiger partial charge < -0.3 is 0 Å². The largest absolute Gasteiger partial charge is 0.278 e. The number of aryl methyl sites for hydroxylation is 2. The number of thiazole rings is 1. The molecule has 0 saturated heterocycles. The van der Waals surface area contributed by atoms with Crippen molar-refractivity contribution in [3.8, 4) is 0 Å². The number of carbonyl (C=O) groups is 1. The molecule has 26 heavy (non-hydrogen) atoms. The van der Waals surface area contributed by atoms with Gasteiger partial charge in [0.1, 0.15) is 5.69 Å². The van der Waals surface area contributed by atoms with Gasteiger partial charge in [-0.25, -0.2) is 4.98 Å². The molecule has 1 aromatic carbocycles. The summed E-state index contributed by atoms with van der Waals surface area (Å²) in [5, 5.41) is 4.79. The van der Waals surface area contributed by atoms with Crippen LogP contribution in [0.5, 0.6) is 0 Å². The lowest BCUT2D eigenvalue weighted by atomic mass is 10.2. The molecule has 0 saturated carbocycles. The van der Waals surface area contributed by atoms with E-state index < -0.39 is 0 Å². The predicted octanol–water partition coefficient (Wildman–Crippen LogP) is 3.58. The van der Waals surface area contributed by atoms with E-state index in [0.29, 0.717) is 17.4 Å². The molecular formula is C19H17N5OS. The lowest BCUT2D eigenvalue weighted by molar-refractivity contribution is 0.0976. The minimum Gasteiger partial charge on any atom is -0.278 e. The van der Waals surface area contributed by atoms with E-state index in [0.717, 1.165) is 21.3 Å². The molecule has 0 atom stereocenters. The molecule has 0 aliphatic heterocycles. The second-order valence-electron chi connectivity index (χ2n) is 6.01. The van der Waals surface area contributed by atoms with E-state index in [1.54, 1.807) is 41.3 Å². The summed E-state index contributed by atoms with van der Waals surface area (Å²) in [6.45, 7) is 2.43. The highest BCUT2D eigenvalue weighted by molar-refractivity contribution is 7.22. The molecule has 3 heterocycles. The van der Waals surface area contributed by atoms with Crippen molar-refractivity contribution in [3.63, 3.8) is 0 Å². The maximum Gasteiger partial charge on any atom is 0.278 e. The van der Waals surface area contributed by atoms with Crippen molar-refractivity contribution in [1.82, 2.24) is 19.7 Å². The molecule has 0 aliphatic rings. The number of nitrogens with zero attached hydrogens (tertiary/aromatic N) is 5. The maximum atomic E-state index is 13.2. The molecule has 0 aliphatic carbocycles. The highest BCUT2D eigenvalue weighted by atomic mass is 32.1. The van der Waals surface area contributed by atoms with E-state index in [2.05, 4.69) is 10.1 Å². The van der Waals surface area contributed by atoms with Crippen molar-refractivity contribution in [1.29, 1.82) is 0 Å². The molecule has 0 fully saturated rings. The van der Waals surface area contributed by atoms with Gasteiger partial charge in [0.05, 0.1) is 16.8 Å². The van der Waals surface area contributed by atoms with Crippen molar-refractivity contribution < 1.29 is 4.79 Å². The first-order chi connectivity index (χ1) is 12.6. The first-order valence-corrected chi connectivity index (χ1v) is 9.00. The summed E-state index contributed by atoms with van der Waals surface area (Å²) >= 11 is 1.51. The molecule has 3 aromatic heterocycles. The normalized spacial score (nSPS) is 11.0. The Morgan fingerprint density at radius 2 is 2.08 bits per heavy atom. The number of benzene rings is 1. The van der Waals surface area contributed by atoms with E-state index in [-0.39, 0.29) is 5.91 Å². The molecular weight excluding hydrogens is 346 g/mol. The maximum absolute atomic E-state index is 13.2. The quantitative estimate of drug-likeness (QED) is 0.556. The highest BCUT2D eigenvalue weighted by Gasteiger charge is 2.24. The summed E-state index contributed by atoms with van der Waals surface area (Å²) in [5.41, 5.74) is 3.49. The fraction of sp³-hybridized carbons (Fsp3) is 0.158. The van der Waals surface area contributed by atoms with Gasteiger partial charge in [-0.3, -0.25) is 19.4 Å². The van der Waals surface area contributed by atoms with E-state index in [4.69, 9.17) is 4.98 Å². The second kappa shape index (κ2) is 6.68. The lowest BCUT2D eigenvalue weighted by Crippen LogP contribution is -2.31. The van der Waals surface area contributed by atoms with Crippen LogP contribution < -0.4 is 4.90 Å². The van der Waals surface area contributed by atoms with Crippen molar-refractivity contribution in [2.75, 3.05) is 4.90 Å².